The molecule has 13 heavy (non-hydrogen) atoms. The van der Waals surface area contributed by atoms with E-state index in [1.807, 2.05) is 36.4 Å². The smallest absolute Gasteiger partial charge is 0.0267 e. The van der Waals surface area contributed by atoms with Gasteiger partial charge in [0.2, 0.25) is 0 Å². The average Bonchev–Trinajstić information content (AvgIpc) is 2.24. The summed E-state index contributed by atoms with van der Waals surface area (Å²) >= 11 is 0. The zero-order chi connectivity index (χ0) is 8.49. The van der Waals surface area contributed by atoms with E-state index in [1.54, 1.807) is 24.8 Å². The minimum absolute atomic E-state index is 0. The van der Waals surface area contributed by atoms with Gasteiger partial charge in [-0.05, 0) is 24.3 Å². The van der Waals surface area contributed by atoms with E-state index in [-0.39, 0.29) is 17.1 Å². The molecule has 0 bridgehead atoms. The standard InChI is InChI=1S/2C5H5N.Fe/c2*1-2-4-6-5-3-1;/h2*1-5H;. The summed E-state index contributed by atoms with van der Waals surface area (Å²) in [5, 5.41) is 0. The van der Waals surface area contributed by atoms with Gasteiger partial charge in [-0.25, -0.2) is 0 Å². The Balaban J connectivity index is 0.000000206. The van der Waals surface area contributed by atoms with E-state index >= 15 is 0 Å². The van der Waals surface area contributed by atoms with Crippen LogP contribution in [0.5, 0.6) is 0 Å². The summed E-state index contributed by atoms with van der Waals surface area (Å²) in [6, 6.07) is 11.4. The van der Waals surface area contributed by atoms with Gasteiger partial charge in [0.1, 0.15) is 0 Å². The van der Waals surface area contributed by atoms with Crippen LogP contribution >= 0.6 is 0 Å². The molecule has 0 saturated heterocycles. The van der Waals surface area contributed by atoms with Crippen molar-refractivity contribution in [3.63, 3.8) is 0 Å². The summed E-state index contributed by atoms with van der Waals surface area (Å²) in [5.41, 5.74) is 0. The number of pyridine rings is 2. The van der Waals surface area contributed by atoms with E-state index in [1.165, 1.54) is 0 Å². The molecule has 2 aromatic rings. The number of aromatic nitrogens is 2. The van der Waals surface area contributed by atoms with Crippen LogP contribution in [0.15, 0.2) is 61.2 Å². The summed E-state index contributed by atoms with van der Waals surface area (Å²) in [4.78, 5) is 7.57. The second-order valence-electron chi connectivity index (χ2n) is 2.05. The van der Waals surface area contributed by atoms with Gasteiger partial charge < -0.3 is 0 Å². The Bertz CT molecular complexity index is 188. The maximum atomic E-state index is 3.78. The van der Waals surface area contributed by atoms with E-state index in [0.29, 0.717) is 0 Å². The normalized spacial score (nSPS) is 7.38. The fourth-order valence-corrected chi connectivity index (χ4v) is 0.625. The Morgan fingerprint density at radius 1 is 0.462 bits per heavy atom. The van der Waals surface area contributed by atoms with E-state index < -0.39 is 0 Å². The molecule has 2 heterocycles. The quantitative estimate of drug-likeness (QED) is 0.628. The van der Waals surface area contributed by atoms with Crippen molar-refractivity contribution >= 4 is 0 Å². The topological polar surface area (TPSA) is 25.8 Å². The van der Waals surface area contributed by atoms with Gasteiger partial charge in [0.15, 0.2) is 0 Å². The van der Waals surface area contributed by atoms with Crippen LogP contribution in [-0.4, -0.2) is 9.97 Å². The third kappa shape index (κ3) is 7.19. The van der Waals surface area contributed by atoms with Crippen LogP contribution in [0.25, 0.3) is 0 Å². The molecule has 2 nitrogen and oxygen atoms in total. The van der Waals surface area contributed by atoms with Gasteiger partial charge in [-0.2, -0.15) is 0 Å². The van der Waals surface area contributed by atoms with Crippen molar-refractivity contribution in [2.75, 3.05) is 0 Å². The number of rotatable bonds is 0. The fraction of sp³-hybridized carbons (Fsp3) is 0. The molecule has 68 valence electrons. The van der Waals surface area contributed by atoms with Crippen molar-refractivity contribution < 1.29 is 17.1 Å². The Morgan fingerprint density at radius 3 is 0.846 bits per heavy atom. The summed E-state index contributed by atoms with van der Waals surface area (Å²) in [6.45, 7) is 0. The molecule has 0 aromatic carbocycles. The SMILES string of the molecule is [Fe].c1ccncc1.c1ccncc1. The van der Waals surface area contributed by atoms with Crippen molar-refractivity contribution in [2.24, 2.45) is 0 Å². The molecule has 0 aliphatic rings. The second kappa shape index (κ2) is 8.91. The molecule has 0 fully saturated rings. The third-order valence-corrected chi connectivity index (χ3v) is 1.13. The predicted molar refractivity (Wildman–Crippen MR) is 48.5 cm³/mol. The van der Waals surface area contributed by atoms with E-state index in [2.05, 4.69) is 9.97 Å². The molecule has 0 unspecified atom stereocenters. The molecule has 0 atom stereocenters. The molecule has 2 aromatic heterocycles. The molecule has 0 N–H and O–H groups in total. The van der Waals surface area contributed by atoms with Crippen LogP contribution in [0.3, 0.4) is 0 Å². The average molecular weight is 214 g/mol. The summed E-state index contributed by atoms with van der Waals surface area (Å²) < 4.78 is 0. The molecule has 0 radical (unpaired) electrons. The van der Waals surface area contributed by atoms with Gasteiger partial charge in [0.25, 0.3) is 0 Å². The summed E-state index contributed by atoms with van der Waals surface area (Å²) in [6.07, 6.45) is 7.00. The molecule has 0 aliphatic carbocycles. The number of hydrogen-bond acceptors (Lipinski definition) is 2. The minimum atomic E-state index is 0. The van der Waals surface area contributed by atoms with Crippen LogP contribution < -0.4 is 0 Å². The van der Waals surface area contributed by atoms with Crippen molar-refractivity contribution in [1.82, 2.24) is 9.97 Å². The first-order valence-corrected chi connectivity index (χ1v) is 3.70. The Kier molecular flexibility index (Phi) is 8.10. The van der Waals surface area contributed by atoms with E-state index in [9.17, 15) is 0 Å². The largest absolute Gasteiger partial charge is 0.265 e. The van der Waals surface area contributed by atoms with Gasteiger partial charge in [-0.1, -0.05) is 12.1 Å². The fourth-order valence-electron chi connectivity index (χ4n) is 0.625. The summed E-state index contributed by atoms with van der Waals surface area (Å²) in [5.74, 6) is 0. The predicted octanol–water partition coefficient (Wildman–Crippen LogP) is 2.16. The third-order valence-electron chi connectivity index (χ3n) is 1.13. The van der Waals surface area contributed by atoms with Crippen LogP contribution in [0.4, 0.5) is 0 Å². The van der Waals surface area contributed by atoms with Gasteiger partial charge in [-0.3, -0.25) is 9.97 Å². The van der Waals surface area contributed by atoms with Crippen LogP contribution in [0.1, 0.15) is 0 Å². The van der Waals surface area contributed by atoms with Gasteiger partial charge in [0, 0.05) is 41.9 Å². The first-order chi connectivity index (χ1) is 6.00. The van der Waals surface area contributed by atoms with Gasteiger partial charge in [0.05, 0.1) is 0 Å². The van der Waals surface area contributed by atoms with Crippen molar-refractivity contribution in [3.8, 4) is 0 Å². The monoisotopic (exact) mass is 214 g/mol. The Morgan fingerprint density at radius 2 is 0.769 bits per heavy atom. The van der Waals surface area contributed by atoms with Crippen molar-refractivity contribution in [2.45, 2.75) is 0 Å². The molecule has 0 amide bonds. The molecule has 0 aliphatic heterocycles. The zero-order valence-electron chi connectivity index (χ0n) is 7.02. The van der Waals surface area contributed by atoms with Gasteiger partial charge >= 0.3 is 0 Å². The van der Waals surface area contributed by atoms with Crippen LogP contribution in [-0.2, 0) is 17.1 Å². The molecule has 0 spiro atoms. The number of nitrogens with zero attached hydrogens (tertiary/aromatic N) is 2. The van der Waals surface area contributed by atoms with Crippen LogP contribution in [0, 0.1) is 0 Å². The Labute approximate surface area is 88.5 Å². The number of hydrogen-bond donors (Lipinski definition) is 0. The summed E-state index contributed by atoms with van der Waals surface area (Å²) in [7, 11) is 0. The van der Waals surface area contributed by atoms with E-state index in [0.717, 1.165) is 0 Å². The van der Waals surface area contributed by atoms with Crippen molar-refractivity contribution in [1.29, 1.82) is 0 Å². The molecule has 0 saturated carbocycles. The molecular formula is C10H10FeN2. The molecule has 2 rings (SSSR count). The first kappa shape index (κ1) is 11.8. The first-order valence-electron chi connectivity index (χ1n) is 3.70. The Hall–Kier alpha value is -1.18. The van der Waals surface area contributed by atoms with Gasteiger partial charge in [-0.15, -0.1) is 0 Å². The second-order valence-corrected chi connectivity index (χ2v) is 2.05. The maximum absolute atomic E-state index is 3.78. The minimum Gasteiger partial charge on any atom is -0.265 e. The zero-order valence-corrected chi connectivity index (χ0v) is 8.13. The van der Waals surface area contributed by atoms with Crippen LogP contribution in [0.2, 0.25) is 0 Å². The van der Waals surface area contributed by atoms with E-state index in [4.69, 9.17) is 0 Å². The molecular weight excluding hydrogens is 204 g/mol. The maximum Gasteiger partial charge on any atom is 0.0267 e. The molecule has 3 heteroatoms. The van der Waals surface area contributed by atoms with Crippen molar-refractivity contribution in [3.05, 3.63) is 61.2 Å².